The fourth-order valence-electron chi connectivity index (χ4n) is 1.93. The highest BCUT2D eigenvalue weighted by molar-refractivity contribution is 8.00. The maximum atomic E-state index is 13.1. The van der Waals surface area contributed by atoms with E-state index in [-0.39, 0.29) is 17.2 Å². The van der Waals surface area contributed by atoms with Gasteiger partial charge in [-0.1, -0.05) is 13.8 Å². The second kappa shape index (κ2) is 6.79. The topological polar surface area (TPSA) is 65.2 Å². The summed E-state index contributed by atoms with van der Waals surface area (Å²) in [6.07, 6.45) is 0. The number of anilines is 1. The molecule has 0 unspecified atom stereocenters. The van der Waals surface area contributed by atoms with Crippen LogP contribution in [0.5, 0.6) is 0 Å². The van der Waals surface area contributed by atoms with Gasteiger partial charge in [0.25, 0.3) is 0 Å². The van der Waals surface area contributed by atoms with Crippen LogP contribution in [0.25, 0.3) is 11.3 Å². The van der Waals surface area contributed by atoms with Gasteiger partial charge in [0.15, 0.2) is 5.69 Å². The van der Waals surface area contributed by atoms with Gasteiger partial charge in [0.1, 0.15) is 5.82 Å². The molecule has 0 spiro atoms. The number of nitrogens with two attached hydrogens (primary N) is 1. The van der Waals surface area contributed by atoms with Crippen LogP contribution in [-0.2, 0) is 4.74 Å². The third kappa shape index (κ3) is 3.57. The first-order valence-electron chi connectivity index (χ1n) is 6.73. The monoisotopic (exact) mass is 320 g/mol. The van der Waals surface area contributed by atoms with Crippen molar-refractivity contribution in [1.82, 2.24) is 4.98 Å². The first-order chi connectivity index (χ1) is 10.4. The van der Waals surface area contributed by atoms with E-state index in [2.05, 4.69) is 4.98 Å². The summed E-state index contributed by atoms with van der Waals surface area (Å²) in [6.45, 7) is 4.09. The molecule has 0 amide bonds. The van der Waals surface area contributed by atoms with Crippen LogP contribution in [0.2, 0.25) is 0 Å². The van der Waals surface area contributed by atoms with Crippen LogP contribution in [0, 0.1) is 5.82 Å². The van der Waals surface area contributed by atoms with Gasteiger partial charge >= 0.3 is 5.97 Å². The Morgan fingerprint density at radius 2 is 1.95 bits per heavy atom. The SMILES string of the molecule is COC(=O)c1nc(-c2ccc(F)cc2)c(SC(C)C)cc1N. The van der Waals surface area contributed by atoms with Gasteiger partial charge in [0, 0.05) is 15.7 Å². The Morgan fingerprint density at radius 3 is 2.50 bits per heavy atom. The van der Waals surface area contributed by atoms with Crippen LogP contribution in [0.1, 0.15) is 24.3 Å². The summed E-state index contributed by atoms with van der Waals surface area (Å²) in [4.78, 5) is 17.0. The number of hydrogen-bond acceptors (Lipinski definition) is 5. The van der Waals surface area contributed by atoms with Crippen molar-refractivity contribution in [2.45, 2.75) is 24.0 Å². The van der Waals surface area contributed by atoms with Crippen LogP contribution >= 0.6 is 11.8 Å². The molecule has 1 aromatic heterocycles. The number of halogens is 1. The average molecular weight is 320 g/mol. The van der Waals surface area contributed by atoms with Crippen LogP contribution in [-0.4, -0.2) is 23.3 Å². The third-order valence-corrected chi connectivity index (χ3v) is 3.91. The predicted molar refractivity (Wildman–Crippen MR) is 86.4 cm³/mol. The van der Waals surface area contributed by atoms with E-state index < -0.39 is 5.97 Å². The van der Waals surface area contributed by atoms with E-state index in [4.69, 9.17) is 10.5 Å². The van der Waals surface area contributed by atoms with E-state index in [0.717, 1.165) is 10.5 Å². The highest BCUT2D eigenvalue weighted by Crippen LogP contribution is 2.35. The van der Waals surface area contributed by atoms with Gasteiger partial charge in [-0.2, -0.15) is 0 Å². The molecule has 2 N–H and O–H groups in total. The maximum absolute atomic E-state index is 13.1. The zero-order valence-electron chi connectivity index (χ0n) is 12.6. The second-order valence-corrected chi connectivity index (χ2v) is 6.56. The fourth-order valence-corrected chi connectivity index (χ4v) is 2.91. The number of carbonyl (C=O) groups excluding carboxylic acids is 1. The Balaban J connectivity index is 2.61. The van der Waals surface area contributed by atoms with Gasteiger partial charge in [0.2, 0.25) is 0 Å². The molecule has 0 atom stereocenters. The molecule has 6 heteroatoms. The Kier molecular flexibility index (Phi) is 5.03. The molecule has 0 aliphatic heterocycles. The zero-order valence-corrected chi connectivity index (χ0v) is 13.4. The van der Waals surface area contributed by atoms with Crippen molar-refractivity contribution in [3.63, 3.8) is 0 Å². The predicted octanol–water partition coefficient (Wildman–Crippen LogP) is 3.76. The molecule has 0 bridgehead atoms. The molecule has 0 saturated carbocycles. The van der Waals surface area contributed by atoms with Crippen molar-refractivity contribution in [1.29, 1.82) is 0 Å². The number of pyridine rings is 1. The summed E-state index contributed by atoms with van der Waals surface area (Å²) in [7, 11) is 1.28. The lowest BCUT2D eigenvalue weighted by Crippen LogP contribution is -2.10. The van der Waals surface area contributed by atoms with Crippen molar-refractivity contribution >= 4 is 23.4 Å². The average Bonchev–Trinajstić information content (AvgIpc) is 2.47. The van der Waals surface area contributed by atoms with Crippen molar-refractivity contribution in [2.75, 3.05) is 12.8 Å². The van der Waals surface area contributed by atoms with Crippen molar-refractivity contribution < 1.29 is 13.9 Å². The Bertz CT molecular complexity index is 687. The van der Waals surface area contributed by atoms with Crippen LogP contribution in [0.15, 0.2) is 35.2 Å². The Hall–Kier alpha value is -2.08. The summed E-state index contributed by atoms with van der Waals surface area (Å²) < 4.78 is 17.8. The summed E-state index contributed by atoms with van der Waals surface area (Å²) in [6, 6.07) is 7.67. The standard InChI is InChI=1S/C16H17FN2O2S/c1-9(2)22-13-8-12(18)15(16(20)21-3)19-14(13)10-4-6-11(17)7-5-10/h4-9H,18H2,1-3H3. The minimum atomic E-state index is -0.595. The van der Waals surface area contributed by atoms with E-state index in [9.17, 15) is 9.18 Å². The zero-order chi connectivity index (χ0) is 16.3. The van der Waals surface area contributed by atoms with Crippen molar-refractivity contribution in [3.8, 4) is 11.3 Å². The quantitative estimate of drug-likeness (QED) is 0.686. The number of nitrogen functional groups attached to an aromatic ring is 1. The normalized spacial score (nSPS) is 10.8. The van der Waals surface area contributed by atoms with E-state index in [1.54, 1.807) is 30.0 Å². The number of nitrogens with zero attached hydrogens (tertiary/aromatic N) is 1. The third-order valence-electron chi connectivity index (χ3n) is 2.88. The van der Waals surface area contributed by atoms with Crippen LogP contribution in [0.4, 0.5) is 10.1 Å². The summed E-state index contributed by atoms with van der Waals surface area (Å²) in [5.74, 6) is -0.924. The Labute approximate surface area is 132 Å². The number of ether oxygens (including phenoxy) is 1. The molecule has 0 aliphatic carbocycles. The number of aromatic nitrogens is 1. The van der Waals surface area contributed by atoms with Crippen LogP contribution in [0.3, 0.4) is 0 Å². The molecule has 1 aromatic carbocycles. The van der Waals surface area contributed by atoms with Gasteiger partial charge < -0.3 is 10.5 Å². The molecule has 0 fully saturated rings. The number of rotatable bonds is 4. The molecule has 1 heterocycles. The maximum Gasteiger partial charge on any atom is 0.358 e. The highest BCUT2D eigenvalue weighted by Gasteiger charge is 2.18. The number of thioether (sulfide) groups is 1. The number of benzene rings is 1. The van der Waals surface area contributed by atoms with Gasteiger partial charge in [0.05, 0.1) is 18.5 Å². The number of carbonyl (C=O) groups is 1. The lowest BCUT2D eigenvalue weighted by molar-refractivity contribution is 0.0595. The number of esters is 1. The summed E-state index contributed by atoms with van der Waals surface area (Å²) in [5.41, 5.74) is 7.55. The number of hydrogen-bond donors (Lipinski definition) is 1. The van der Waals surface area contributed by atoms with E-state index in [1.165, 1.54) is 19.2 Å². The molecule has 22 heavy (non-hydrogen) atoms. The van der Waals surface area contributed by atoms with Gasteiger partial charge in [-0.25, -0.2) is 14.2 Å². The summed E-state index contributed by atoms with van der Waals surface area (Å²) >= 11 is 1.58. The lowest BCUT2D eigenvalue weighted by Gasteiger charge is -2.14. The van der Waals surface area contributed by atoms with Crippen LogP contribution < -0.4 is 5.73 Å². The largest absolute Gasteiger partial charge is 0.464 e. The van der Waals surface area contributed by atoms with E-state index in [0.29, 0.717) is 10.9 Å². The van der Waals surface area contributed by atoms with Gasteiger partial charge in [-0.05, 0) is 30.3 Å². The lowest BCUT2D eigenvalue weighted by atomic mass is 10.1. The van der Waals surface area contributed by atoms with Gasteiger partial charge in [-0.3, -0.25) is 0 Å². The molecule has 0 radical (unpaired) electrons. The molecule has 116 valence electrons. The first kappa shape index (κ1) is 16.3. The Morgan fingerprint density at radius 1 is 1.32 bits per heavy atom. The molecule has 4 nitrogen and oxygen atoms in total. The van der Waals surface area contributed by atoms with E-state index in [1.807, 2.05) is 13.8 Å². The minimum absolute atomic E-state index is 0.0648. The highest BCUT2D eigenvalue weighted by atomic mass is 32.2. The number of methoxy groups -OCH3 is 1. The first-order valence-corrected chi connectivity index (χ1v) is 7.61. The van der Waals surface area contributed by atoms with Crippen molar-refractivity contribution in [3.05, 3.63) is 41.8 Å². The van der Waals surface area contributed by atoms with Crippen molar-refractivity contribution in [2.24, 2.45) is 0 Å². The van der Waals surface area contributed by atoms with Gasteiger partial charge in [-0.15, -0.1) is 11.8 Å². The van der Waals surface area contributed by atoms with E-state index >= 15 is 0 Å². The molecular formula is C16H17FN2O2S. The second-order valence-electron chi connectivity index (χ2n) is 4.94. The molecule has 2 aromatic rings. The fraction of sp³-hybridized carbons (Fsp3) is 0.250. The summed E-state index contributed by atoms with van der Waals surface area (Å²) in [5, 5.41) is 0.310. The minimum Gasteiger partial charge on any atom is -0.464 e. The smallest absolute Gasteiger partial charge is 0.358 e. The molecule has 2 rings (SSSR count). The molecular weight excluding hydrogens is 303 g/mol. The molecule has 0 aliphatic rings. The molecule has 0 saturated heterocycles.